The first-order chi connectivity index (χ1) is 8.75. The molecule has 1 fully saturated rings. The summed E-state index contributed by atoms with van der Waals surface area (Å²) in [5, 5.41) is 10.6. The zero-order chi connectivity index (χ0) is 12.8. The average molecular weight is 268 g/mol. The number of morpholine rings is 1. The maximum atomic E-state index is 9.94. The molecule has 0 saturated carbocycles. The van der Waals surface area contributed by atoms with Crippen LogP contribution in [0.1, 0.15) is 5.56 Å². The standard InChI is InChI=1S/C14H18ClNO2/c15-14-4-2-1-3-12(14)5-6-13(17)11-16-7-9-18-10-8-16/h1-6,13,17H,7-11H2/b6-5+. The Labute approximate surface area is 113 Å². The molecule has 3 nitrogen and oxygen atoms in total. The normalized spacial score (nSPS) is 19.2. The van der Waals surface area contributed by atoms with E-state index in [9.17, 15) is 5.11 Å². The van der Waals surface area contributed by atoms with E-state index in [1.807, 2.05) is 30.3 Å². The quantitative estimate of drug-likeness (QED) is 0.906. The lowest BCUT2D eigenvalue weighted by atomic mass is 10.2. The fourth-order valence-electron chi connectivity index (χ4n) is 1.93. The molecule has 1 aromatic carbocycles. The van der Waals surface area contributed by atoms with Crippen LogP contribution in [0.25, 0.3) is 6.08 Å². The van der Waals surface area contributed by atoms with E-state index in [0.717, 1.165) is 31.9 Å². The molecule has 98 valence electrons. The second kappa shape index (κ2) is 6.90. The van der Waals surface area contributed by atoms with Crippen LogP contribution in [0.15, 0.2) is 30.3 Å². The van der Waals surface area contributed by atoms with Crippen molar-refractivity contribution in [1.29, 1.82) is 0 Å². The smallest absolute Gasteiger partial charge is 0.0851 e. The van der Waals surface area contributed by atoms with Crippen molar-refractivity contribution in [3.63, 3.8) is 0 Å². The molecule has 1 aromatic rings. The minimum Gasteiger partial charge on any atom is -0.388 e. The van der Waals surface area contributed by atoms with E-state index in [1.165, 1.54) is 0 Å². The molecular formula is C14H18ClNO2. The summed E-state index contributed by atoms with van der Waals surface area (Å²) < 4.78 is 5.27. The number of benzene rings is 1. The van der Waals surface area contributed by atoms with Crippen molar-refractivity contribution in [2.75, 3.05) is 32.8 Å². The summed E-state index contributed by atoms with van der Waals surface area (Å²) in [6, 6.07) is 7.60. The number of nitrogens with zero attached hydrogens (tertiary/aromatic N) is 1. The highest BCUT2D eigenvalue weighted by Crippen LogP contribution is 2.16. The summed E-state index contributed by atoms with van der Waals surface area (Å²) in [5.41, 5.74) is 0.931. The molecule has 1 N–H and O–H groups in total. The van der Waals surface area contributed by atoms with Crippen LogP contribution in [0, 0.1) is 0 Å². The lowest BCUT2D eigenvalue weighted by Crippen LogP contribution is -2.40. The van der Waals surface area contributed by atoms with E-state index < -0.39 is 6.10 Å². The maximum absolute atomic E-state index is 9.94. The van der Waals surface area contributed by atoms with E-state index in [-0.39, 0.29) is 0 Å². The van der Waals surface area contributed by atoms with Gasteiger partial charge in [0.1, 0.15) is 0 Å². The van der Waals surface area contributed by atoms with Gasteiger partial charge in [0.25, 0.3) is 0 Å². The first-order valence-corrected chi connectivity index (χ1v) is 6.54. The van der Waals surface area contributed by atoms with E-state index in [2.05, 4.69) is 4.90 Å². The second-order valence-corrected chi connectivity index (χ2v) is 4.77. The predicted octanol–water partition coefficient (Wildman–Crippen LogP) is 2.05. The SMILES string of the molecule is OC(/C=C/c1ccccc1Cl)CN1CCOCC1. The van der Waals surface area contributed by atoms with E-state index in [1.54, 1.807) is 6.08 Å². The maximum Gasteiger partial charge on any atom is 0.0851 e. The molecule has 0 bridgehead atoms. The average Bonchev–Trinajstić information content (AvgIpc) is 2.39. The Morgan fingerprint density at radius 2 is 2.06 bits per heavy atom. The van der Waals surface area contributed by atoms with Crippen molar-refractivity contribution in [1.82, 2.24) is 4.90 Å². The van der Waals surface area contributed by atoms with Crippen molar-refractivity contribution in [3.05, 3.63) is 40.9 Å². The highest BCUT2D eigenvalue weighted by atomic mass is 35.5. The van der Waals surface area contributed by atoms with Crippen LogP contribution in [0.2, 0.25) is 5.02 Å². The van der Waals surface area contributed by atoms with Gasteiger partial charge in [-0.3, -0.25) is 4.90 Å². The Kier molecular flexibility index (Phi) is 5.20. The van der Waals surface area contributed by atoms with Gasteiger partial charge in [-0.2, -0.15) is 0 Å². The first-order valence-electron chi connectivity index (χ1n) is 6.16. The summed E-state index contributed by atoms with van der Waals surface area (Å²) in [6.07, 6.45) is 3.18. The van der Waals surface area contributed by atoms with Gasteiger partial charge in [0.05, 0.1) is 19.3 Å². The van der Waals surface area contributed by atoms with Gasteiger partial charge in [0.15, 0.2) is 0 Å². The van der Waals surface area contributed by atoms with Crippen molar-refractivity contribution in [2.45, 2.75) is 6.10 Å². The minimum atomic E-state index is -0.473. The van der Waals surface area contributed by atoms with Crippen molar-refractivity contribution in [3.8, 4) is 0 Å². The molecule has 18 heavy (non-hydrogen) atoms. The molecule has 0 spiro atoms. The Morgan fingerprint density at radius 1 is 1.33 bits per heavy atom. The Bertz CT molecular complexity index is 403. The van der Waals surface area contributed by atoms with Crippen molar-refractivity contribution in [2.24, 2.45) is 0 Å². The van der Waals surface area contributed by atoms with Crippen LogP contribution in [0.4, 0.5) is 0 Å². The largest absolute Gasteiger partial charge is 0.388 e. The van der Waals surface area contributed by atoms with Crippen LogP contribution in [-0.2, 0) is 4.74 Å². The Morgan fingerprint density at radius 3 is 2.78 bits per heavy atom. The number of aliphatic hydroxyl groups excluding tert-OH is 1. The van der Waals surface area contributed by atoms with Crippen LogP contribution >= 0.6 is 11.6 Å². The van der Waals surface area contributed by atoms with Crippen molar-refractivity contribution < 1.29 is 9.84 Å². The van der Waals surface area contributed by atoms with E-state index in [0.29, 0.717) is 11.6 Å². The van der Waals surface area contributed by atoms with Crippen LogP contribution in [-0.4, -0.2) is 49.0 Å². The van der Waals surface area contributed by atoms with Gasteiger partial charge in [-0.25, -0.2) is 0 Å². The van der Waals surface area contributed by atoms with E-state index in [4.69, 9.17) is 16.3 Å². The fourth-order valence-corrected chi connectivity index (χ4v) is 2.13. The topological polar surface area (TPSA) is 32.7 Å². The van der Waals surface area contributed by atoms with Gasteiger partial charge in [-0.1, -0.05) is 42.0 Å². The number of hydrogen-bond acceptors (Lipinski definition) is 3. The summed E-state index contributed by atoms with van der Waals surface area (Å²) in [5.74, 6) is 0. The van der Waals surface area contributed by atoms with Crippen LogP contribution in [0.3, 0.4) is 0 Å². The number of hydrogen-bond donors (Lipinski definition) is 1. The monoisotopic (exact) mass is 267 g/mol. The van der Waals surface area contributed by atoms with Gasteiger partial charge in [0, 0.05) is 24.7 Å². The lowest BCUT2D eigenvalue weighted by molar-refractivity contribution is 0.0223. The molecule has 1 aliphatic heterocycles. The second-order valence-electron chi connectivity index (χ2n) is 4.36. The number of rotatable bonds is 4. The summed E-state index contributed by atoms with van der Waals surface area (Å²) >= 11 is 6.04. The molecular weight excluding hydrogens is 250 g/mol. The summed E-state index contributed by atoms with van der Waals surface area (Å²) in [7, 11) is 0. The highest BCUT2D eigenvalue weighted by molar-refractivity contribution is 6.32. The third-order valence-corrected chi connectivity index (χ3v) is 3.30. The van der Waals surface area contributed by atoms with Crippen molar-refractivity contribution >= 4 is 17.7 Å². The molecule has 0 aliphatic carbocycles. The third-order valence-electron chi connectivity index (χ3n) is 2.95. The fraction of sp³-hybridized carbons (Fsp3) is 0.429. The zero-order valence-corrected chi connectivity index (χ0v) is 11.0. The predicted molar refractivity (Wildman–Crippen MR) is 73.8 cm³/mol. The molecule has 0 amide bonds. The van der Waals surface area contributed by atoms with Gasteiger partial charge in [-0.15, -0.1) is 0 Å². The molecule has 4 heteroatoms. The molecule has 1 heterocycles. The number of β-amino-alcohol motifs (C(OH)–C–C–N with tert-alkyl or cyclic N) is 1. The number of ether oxygens (including phenoxy) is 1. The lowest BCUT2D eigenvalue weighted by Gasteiger charge is -2.27. The van der Waals surface area contributed by atoms with Gasteiger partial charge >= 0.3 is 0 Å². The molecule has 1 aliphatic rings. The number of halogens is 1. The highest BCUT2D eigenvalue weighted by Gasteiger charge is 2.12. The zero-order valence-electron chi connectivity index (χ0n) is 10.3. The molecule has 1 saturated heterocycles. The van der Waals surface area contributed by atoms with E-state index >= 15 is 0 Å². The summed E-state index contributed by atoms with van der Waals surface area (Å²) in [6.45, 7) is 3.92. The summed E-state index contributed by atoms with van der Waals surface area (Å²) in [4.78, 5) is 2.20. The third kappa shape index (κ3) is 4.10. The number of aliphatic hydroxyl groups is 1. The van der Waals surface area contributed by atoms with Gasteiger partial charge in [0.2, 0.25) is 0 Å². The Balaban J connectivity index is 1.86. The molecule has 0 aromatic heterocycles. The van der Waals surface area contributed by atoms with Crippen LogP contribution in [0.5, 0.6) is 0 Å². The molecule has 1 unspecified atom stereocenters. The Hall–Kier alpha value is -0.870. The van der Waals surface area contributed by atoms with Gasteiger partial charge in [-0.05, 0) is 11.6 Å². The van der Waals surface area contributed by atoms with Crippen LogP contribution < -0.4 is 0 Å². The molecule has 1 atom stereocenters. The minimum absolute atomic E-state index is 0.473. The first kappa shape index (κ1) is 13.6. The molecule has 0 radical (unpaired) electrons. The van der Waals surface area contributed by atoms with Gasteiger partial charge < -0.3 is 9.84 Å². The molecule has 2 rings (SSSR count).